The second-order valence-electron chi connectivity index (χ2n) is 3.06. The zero-order valence-corrected chi connectivity index (χ0v) is 7.91. The van der Waals surface area contributed by atoms with Crippen molar-refractivity contribution in [3.8, 4) is 5.75 Å². The third kappa shape index (κ3) is 3.30. The lowest BCUT2D eigenvalue weighted by atomic mass is 10.1. The molecule has 0 aliphatic rings. The first kappa shape index (κ1) is 10.9. The third-order valence-electron chi connectivity index (χ3n) is 1.76. The maximum Gasteiger partial charge on any atom is 0.272 e. The standard InChI is InChI=1S/C10H13F2NO/c1-7(13)8-3-2-4-9(5-8)14-6-10(11)12/h2-5,7,10H,6,13H2,1H3. The Morgan fingerprint density at radius 2 is 2.14 bits per heavy atom. The van der Waals surface area contributed by atoms with Crippen LogP contribution in [0.5, 0.6) is 5.75 Å². The van der Waals surface area contributed by atoms with E-state index in [2.05, 4.69) is 0 Å². The van der Waals surface area contributed by atoms with Gasteiger partial charge in [-0.1, -0.05) is 12.1 Å². The summed E-state index contributed by atoms with van der Waals surface area (Å²) in [6.07, 6.45) is -2.45. The molecule has 0 aromatic heterocycles. The van der Waals surface area contributed by atoms with E-state index in [1.165, 1.54) is 0 Å². The molecule has 1 unspecified atom stereocenters. The van der Waals surface area contributed by atoms with Crippen molar-refractivity contribution >= 4 is 0 Å². The van der Waals surface area contributed by atoms with Crippen LogP contribution in [-0.2, 0) is 0 Å². The predicted octanol–water partition coefficient (Wildman–Crippen LogP) is 2.35. The molecule has 0 aliphatic heterocycles. The second kappa shape index (κ2) is 4.91. The topological polar surface area (TPSA) is 35.2 Å². The van der Waals surface area contributed by atoms with E-state index in [9.17, 15) is 8.78 Å². The van der Waals surface area contributed by atoms with Crippen molar-refractivity contribution in [3.05, 3.63) is 29.8 Å². The molecule has 2 nitrogen and oxygen atoms in total. The summed E-state index contributed by atoms with van der Waals surface area (Å²) in [5, 5.41) is 0. The Morgan fingerprint density at radius 1 is 1.43 bits per heavy atom. The molecule has 78 valence electrons. The second-order valence-corrected chi connectivity index (χ2v) is 3.06. The Morgan fingerprint density at radius 3 is 2.71 bits per heavy atom. The van der Waals surface area contributed by atoms with E-state index in [1.807, 2.05) is 13.0 Å². The summed E-state index contributed by atoms with van der Waals surface area (Å²) >= 11 is 0. The first-order valence-corrected chi connectivity index (χ1v) is 4.36. The SMILES string of the molecule is CC(N)c1cccc(OCC(F)F)c1. The number of benzene rings is 1. The normalized spacial score (nSPS) is 12.9. The summed E-state index contributed by atoms with van der Waals surface area (Å²) in [5.74, 6) is 0.431. The van der Waals surface area contributed by atoms with Crippen LogP contribution in [0.2, 0.25) is 0 Å². The van der Waals surface area contributed by atoms with E-state index in [0.717, 1.165) is 5.56 Å². The maximum atomic E-state index is 11.8. The first-order chi connectivity index (χ1) is 6.59. The van der Waals surface area contributed by atoms with Crippen LogP contribution in [0.4, 0.5) is 8.78 Å². The van der Waals surface area contributed by atoms with E-state index in [0.29, 0.717) is 5.75 Å². The molecule has 0 saturated carbocycles. The molecular formula is C10H13F2NO. The van der Waals surface area contributed by atoms with Crippen LogP contribution in [0, 0.1) is 0 Å². The van der Waals surface area contributed by atoms with Crippen molar-refractivity contribution in [2.24, 2.45) is 5.73 Å². The lowest BCUT2D eigenvalue weighted by molar-refractivity contribution is 0.0818. The Kier molecular flexibility index (Phi) is 3.83. The Balaban J connectivity index is 2.64. The fourth-order valence-electron chi connectivity index (χ4n) is 1.05. The number of hydrogen-bond acceptors (Lipinski definition) is 2. The summed E-state index contributed by atoms with van der Waals surface area (Å²) in [5.41, 5.74) is 6.51. The van der Waals surface area contributed by atoms with Gasteiger partial charge in [0.15, 0.2) is 0 Å². The summed E-state index contributed by atoms with van der Waals surface area (Å²) < 4.78 is 28.5. The highest BCUT2D eigenvalue weighted by Crippen LogP contribution is 2.17. The van der Waals surface area contributed by atoms with Crippen LogP contribution < -0.4 is 10.5 Å². The molecule has 1 aromatic rings. The molecule has 1 atom stereocenters. The lowest BCUT2D eigenvalue weighted by Gasteiger charge is -2.09. The number of nitrogens with two attached hydrogens (primary N) is 1. The van der Waals surface area contributed by atoms with Crippen LogP contribution in [0.15, 0.2) is 24.3 Å². The fourth-order valence-corrected chi connectivity index (χ4v) is 1.05. The quantitative estimate of drug-likeness (QED) is 0.811. The zero-order chi connectivity index (χ0) is 10.6. The lowest BCUT2D eigenvalue weighted by Crippen LogP contribution is -2.08. The molecule has 0 saturated heterocycles. The van der Waals surface area contributed by atoms with Gasteiger partial charge in [0.2, 0.25) is 0 Å². The summed E-state index contributed by atoms with van der Waals surface area (Å²) in [6.45, 7) is 1.24. The van der Waals surface area contributed by atoms with Crippen molar-refractivity contribution < 1.29 is 13.5 Å². The maximum absolute atomic E-state index is 11.8. The molecule has 14 heavy (non-hydrogen) atoms. The molecule has 0 amide bonds. The van der Waals surface area contributed by atoms with Gasteiger partial charge in [-0.2, -0.15) is 0 Å². The van der Waals surface area contributed by atoms with E-state index < -0.39 is 13.0 Å². The molecule has 2 N–H and O–H groups in total. The van der Waals surface area contributed by atoms with Gasteiger partial charge in [-0.15, -0.1) is 0 Å². The van der Waals surface area contributed by atoms with E-state index in [-0.39, 0.29) is 6.04 Å². The first-order valence-electron chi connectivity index (χ1n) is 4.36. The average molecular weight is 201 g/mol. The molecular weight excluding hydrogens is 188 g/mol. The largest absolute Gasteiger partial charge is 0.488 e. The molecule has 0 radical (unpaired) electrons. The van der Waals surface area contributed by atoms with Crippen molar-refractivity contribution in [1.82, 2.24) is 0 Å². The van der Waals surface area contributed by atoms with E-state index in [1.54, 1.807) is 18.2 Å². The minimum atomic E-state index is -2.45. The van der Waals surface area contributed by atoms with Crippen LogP contribution in [-0.4, -0.2) is 13.0 Å². The van der Waals surface area contributed by atoms with Crippen molar-refractivity contribution in [2.45, 2.75) is 19.4 Å². The summed E-state index contributed by atoms with van der Waals surface area (Å²) in [4.78, 5) is 0. The highest BCUT2D eigenvalue weighted by Gasteiger charge is 2.05. The molecule has 4 heteroatoms. The summed E-state index contributed by atoms with van der Waals surface area (Å²) in [7, 11) is 0. The average Bonchev–Trinajstić information content (AvgIpc) is 2.15. The fraction of sp³-hybridized carbons (Fsp3) is 0.400. The Bertz CT molecular complexity index is 289. The van der Waals surface area contributed by atoms with Gasteiger partial charge in [-0.3, -0.25) is 0 Å². The van der Waals surface area contributed by atoms with Crippen molar-refractivity contribution in [3.63, 3.8) is 0 Å². The van der Waals surface area contributed by atoms with E-state index >= 15 is 0 Å². The molecule has 0 spiro atoms. The molecule has 0 fully saturated rings. The van der Waals surface area contributed by atoms with Gasteiger partial charge in [0.05, 0.1) is 0 Å². The van der Waals surface area contributed by atoms with Gasteiger partial charge in [0.25, 0.3) is 6.43 Å². The minimum absolute atomic E-state index is 0.120. The minimum Gasteiger partial charge on any atom is -0.488 e. The third-order valence-corrected chi connectivity index (χ3v) is 1.76. The van der Waals surface area contributed by atoms with E-state index in [4.69, 9.17) is 10.5 Å². The van der Waals surface area contributed by atoms with Gasteiger partial charge in [0, 0.05) is 6.04 Å². The smallest absolute Gasteiger partial charge is 0.272 e. The number of halogens is 2. The van der Waals surface area contributed by atoms with Gasteiger partial charge in [0.1, 0.15) is 12.4 Å². The Hall–Kier alpha value is -1.16. The van der Waals surface area contributed by atoms with Gasteiger partial charge >= 0.3 is 0 Å². The number of rotatable bonds is 4. The highest BCUT2D eigenvalue weighted by atomic mass is 19.3. The van der Waals surface area contributed by atoms with Gasteiger partial charge in [-0.25, -0.2) is 8.78 Å². The summed E-state index contributed by atoms with van der Waals surface area (Å²) in [6, 6.07) is 6.76. The highest BCUT2D eigenvalue weighted by molar-refractivity contribution is 5.30. The van der Waals surface area contributed by atoms with Crippen LogP contribution in [0.25, 0.3) is 0 Å². The molecule has 1 rings (SSSR count). The number of alkyl halides is 2. The molecule has 1 aromatic carbocycles. The van der Waals surface area contributed by atoms with Crippen LogP contribution >= 0.6 is 0 Å². The predicted molar refractivity (Wildman–Crippen MR) is 50.5 cm³/mol. The number of hydrogen-bond donors (Lipinski definition) is 1. The van der Waals surface area contributed by atoms with Gasteiger partial charge < -0.3 is 10.5 Å². The molecule has 0 heterocycles. The van der Waals surface area contributed by atoms with Crippen LogP contribution in [0.1, 0.15) is 18.5 Å². The monoisotopic (exact) mass is 201 g/mol. The van der Waals surface area contributed by atoms with Crippen molar-refractivity contribution in [2.75, 3.05) is 6.61 Å². The Labute approximate surface area is 81.7 Å². The van der Waals surface area contributed by atoms with Crippen molar-refractivity contribution in [1.29, 1.82) is 0 Å². The zero-order valence-electron chi connectivity index (χ0n) is 7.91. The molecule has 0 aliphatic carbocycles. The van der Waals surface area contributed by atoms with Crippen LogP contribution in [0.3, 0.4) is 0 Å². The molecule has 0 bridgehead atoms. The number of ether oxygens (including phenoxy) is 1. The van der Waals surface area contributed by atoms with Gasteiger partial charge in [-0.05, 0) is 24.6 Å².